The molecule has 0 aliphatic heterocycles. The molecule has 0 bridgehead atoms. The highest BCUT2D eigenvalue weighted by atomic mass is 14.1. The second-order valence-corrected chi connectivity index (χ2v) is 4.81. The molecule has 19 heavy (non-hydrogen) atoms. The molecule has 0 nitrogen and oxygen atoms in total. The van der Waals surface area contributed by atoms with Crippen molar-refractivity contribution in [2.24, 2.45) is 5.92 Å². The zero-order valence-corrected chi connectivity index (χ0v) is 13.4. The molecule has 1 rings (SSSR count). The van der Waals surface area contributed by atoms with Gasteiger partial charge in [-0.3, -0.25) is 0 Å². The van der Waals surface area contributed by atoms with Gasteiger partial charge in [0.25, 0.3) is 0 Å². The first kappa shape index (κ1) is 18.0. The van der Waals surface area contributed by atoms with Crippen molar-refractivity contribution in [2.75, 3.05) is 0 Å². The van der Waals surface area contributed by atoms with E-state index in [1.54, 1.807) is 0 Å². The molecule has 0 heteroatoms. The molecule has 0 radical (unpaired) electrons. The quantitative estimate of drug-likeness (QED) is 0.482. The van der Waals surface area contributed by atoms with Crippen LogP contribution in [0.3, 0.4) is 0 Å². The minimum atomic E-state index is 0.884. The molecule has 108 valence electrons. The molecule has 0 saturated heterocycles. The van der Waals surface area contributed by atoms with Crippen molar-refractivity contribution < 1.29 is 0 Å². The highest BCUT2D eigenvalue weighted by Gasteiger charge is 2.03. The molecular weight excluding hydrogens is 228 g/mol. The smallest absolute Gasteiger partial charge is 0.0157 e. The first-order valence-electron chi connectivity index (χ1n) is 8.06. The van der Waals surface area contributed by atoms with Crippen molar-refractivity contribution in [3.05, 3.63) is 48.1 Å². The van der Waals surface area contributed by atoms with Crippen LogP contribution in [-0.4, -0.2) is 0 Å². The highest BCUT2D eigenvalue weighted by molar-refractivity contribution is 5.34. The van der Waals surface area contributed by atoms with Crippen LogP contribution in [0, 0.1) is 5.92 Å². The number of rotatable bonds is 7. The number of allylic oxidation sites excluding steroid dienone is 8. The Morgan fingerprint density at radius 3 is 2.42 bits per heavy atom. The third-order valence-corrected chi connectivity index (χ3v) is 3.20. The predicted molar refractivity (Wildman–Crippen MR) is 89.4 cm³/mol. The molecule has 0 N–H and O–H groups in total. The van der Waals surface area contributed by atoms with Gasteiger partial charge in [0.2, 0.25) is 0 Å². The Balaban J connectivity index is 0.00000154. The maximum absolute atomic E-state index is 2.36. The first-order chi connectivity index (χ1) is 9.36. The van der Waals surface area contributed by atoms with Gasteiger partial charge in [0.1, 0.15) is 0 Å². The van der Waals surface area contributed by atoms with E-state index < -0.39 is 0 Å². The molecule has 0 atom stereocenters. The van der Waals surface area contributed by atoms with Crippen LogP contribution in [0.15, 0.2) is 48.1 Å². The van der Waals surface area contributed by atoms with Crippen molar-refractivity contribution in [2.45, 2.75) is 66.2 Å². The fourth-order valence-corrected chi connectivity index (χ4v) is 2.31. The van der Waals surface area contributed by atoms with Gasteiger partial charge in [0, 0.05) is 0 Å². The Labute approximate surface area is 121 Å². The zero-order chi connectivity index (χ0) is 14.3. The fraction of sp³-hybridized carbons (Fsp3) is 0.579. The van der Waals surface area contributed by atoms with Crippen molar-refractivity contribution in [1.29, 1.82) is 0 Å². The Morgan fingerprint density at radius 2 is 1.79 bits per heavy atom. The van der Waals surface area contributed by atoms with Gasteiger partial charge in [-0.1, -0.05) is 95.9 Å². The summed E-state index contributed by atoms with van der Waals surface area (Å²) in [6.07, 6.45) is 23.2. The van der Waals surface area contributed by atoms with E-state index in [1.807, 2.05) is 13.8 Å². The third-order valence-electron chi connectivity index (χ3n) is 3.20. The average molecular weight is 260 g/mol. The van der Waals surface area contributed by atoms with Crippen LogP contribution >= 0.6 is 0 Å². The SMILES string of the molecule is CC.CCCC(C/C=C/C1=CCC=CC=C1)CCC. The summed E-state index contributed by atoms with van der Waals surface area (Å²) in [6, 6.07) is 0. The predicted octanol–water partition coefficient (Wildman–Crippen LogP) is 6.62. The molecule has 0 heterocycles. The van der Waals surface area contributed by atoms with Crippen molar-refractivity contribution in [3.8, 4) is 0 Å². The van der Waals surface area contributed by atoms with Crippen LogP contribution in [0.4, 0.5) is 0 Å². The normalized spacial score (nSPS) is 14.3. The molecule has 0 unspecified atom stereocenters. The number of hydrogen-bond donors (Lipinski definition) is 0. The monoisotopic (exact) mass is 260 g/mol. The lowest BCUT2D eigenvalue weighted by Gasteiger charge is -2.12. The topological polar surface area (TPSA) is 0 Å². The van der Waals surface area contributed by atoms with Gasteiger partial charge in [-0.25, -0.2) is 0 Å². The summed E-state index contributed by atoms with van der Waals surface area (Å²) in [7, 11) is 0. The van der Waals surface area contributed by atoms with Crippen LogP contribution in [-0.2, 0) is 0 Å². The summed E-state index contributed by atoms with van der Waals surface area (Å²) in [5.74, 6) is 0.884. The van der Waals surface area contributed by atoms with Crippen LogP contribution in [0.25, 0.3) is 0 Å². The van der Waals surface area contributed by atoms with Gasteiger partial charge in [-0.15, -0.1) is 0 Å². The van der Waals surface area contributed by atoms with Gasteiger partial charge in [0.15, 0.2) is 0 Å². The van der Waals surface area contributed by atoms with E-state index >= 15 is 0 Å². The Hall–Kier alpha value is -1.04. The maximum atomic E-state index is 2.36. The van der Waals surface area contributed by atoms with Gasteiger partial charge in [-0.05, 0) is 24.3 Å². The summed E-state index contributed by atoms with van der Waals surface area (Å²) in [5.41, 5.74) is 1.35. The molecular formula is C19H32. The van der Waals surface area contributed by atoms with E-state index in [2.05, 4.69) is 56.4 Å². The van der Waals surface area contributed by atoms with Gasteiger partial charge in [0.05, 0.1) is 0 Å². The molecule has 1 aliphatic carbocycles. The van der Waals surface area contributed by atoms with Gasteiger partial charge >= 0.3 is 0 Å². The van der Waals surface area contributed by atoms with Crippen molar-refractivity contribution in [1.82, 2.24) is 0 Å². The lowest BCUT2D eigenvalue weighted by Crippen LogP contribution is -1.97. The van der Waals surface area contributed by atoms with Crippen molar-refractivity contribution >= 4 is 0 Å². The maximum Gasteiger partial charge on any atom is -0.0157 e. The zero-order valence-electron chi connectivity index (χ0n) is 13.4. The summed E-state index contributed by atoms with van der Waals surface area (Å²) >= 11 is 0. The summed E-state index contributed by atoms with van der Waals surface area (Å²) in [5, 5.41) is 0. The van der Waals surface area contributed by atoms with Gasteiger partial charge < -0.3 is 0 Å². The molecule has 0 amide bonds. The largest absolute Gasteiger partial charge is 0.0837 e. The van der Waals surface area contributed by atoms with E-state index in [1.165, 1.54) is 37.7 Å². The number of hydrogen-bond acceptors (Lipinski definition) is 0. The Bertz CT molecular complexity index is 296. The lowest BCUT2D eigenvalue weighted by molar-refractivity contribution is 0.445. The first-order valence-corrected chi connectivity index (χ1v) is 8.06. The minimum Gasteiger partial charge on any atom is -0.0837 e. The lowest BCUT2D eigenvalue weighted by atomic mass is 9.94. The summed E-state index contributed by atoms with van der Waals surface area (Å²) in [6.45, 7) is 8.57. The second-order valence-electron chi connectivity index (χ2n) is 4.81. The molecule has 0 fully saturated rings. The second kappa shape index (κ2) is 13.4. The van der Waals surface area contributed by atoms with Crippen LogP contribution in [0.1, 0.15) is 66.2 Å². The van der Waals surface area contributed by atoms with E-state index in [-0.39, 0.29) is 0 Å². The van der Waals surface area contributed by atoms with E-state index in [9.17, 15) is 0 Å². The summed E-state index contributed by atoms with van der Waals surface area (Å²) in [4.78, 5) is 0. The van der Waals surface area contributed by atoms with Crippen molar-refractivity contribution in [3.63, 3.8) is 0 Å². The standard InChI is InChI=1S/C17H26.C2H6/c1-3-10-16(11-4-2)14-9-15-17-12-7-5-6-8-13-17;1-2/h5-7,9,12-13,15-16H,3-4,8,10-11,14H2,1-2H3;1-2H3/b15-9+;. The van der Waals surface area contributed by atoms with Crippen LogP contribution in [0.5, 0.6) is 0 Å². The highest BCUT2D eigenvalue weighted by Crippen LogP contribution is 2.18. The fourth-order valence-electron chi connectivity index (χ4n) is 2.31. The Kier molecular flexibility index (Phi) is 12.7. The summed E-state index contributed by atoms with van der Waals surface area (Å²) < 4.78 is 0. The average Bonchev–Trinajstić information content (AvgIpc) is 2.70. The van der Waals surface area contributed by atoms with E-state index in [0.717, 1.165) is 12.3 Å². The van der Waals surface area contributed by atoms with E-state index in [0.29, 0.717) is 0 Å². The Morgan fingerprint density at radius 1 is 1.11 bits per heavy atom. The van der Waals surface area contributed by atoms with Crippen LogP contribution < -0.4 is 0 Å². The van der Waals surface area contributed by atoms with Gasteiger partial charge in [-0.2, -0.15) is 0 Å². The molecule has 0 aromatic heterocycles. The third kappa shape index (κ3) is 9.53. The minimum absolute atomic E-state index is 0.884. The molecule has 0 aromatic carbocycles. The van der Waals surface area contributed by atoms with Crippen LogP contribution in [0.2, 0.25) is 0 Å². The molecule has 0 saturated carbocycles. The molecule has 0 aromatic rings. The molecule has 1 aliphatic rings. The molecule has 0 spiro atoms. The van der Waals surface area contributed by atoms with E-state index in [4.69, 9.17) is 0 Å².